The molecule has 0 radical (unpaired) electrons. The largest absolute Gasteiger partial charge is 0.338 e. The maximum atomic E-state index is 10.7. The molecule has 1 atom stereocenters. The molecule has 0 N–H and O–H groups in total. The van der Waals surface area contributed by atoms with Crippen molar-refractivity contribution in [2.45, 2.75) is 25.9 Å². The van der Waals surface area contributed by atoms with Crippen LogP contribution in [0.15, 0.2) is 24.3 Å². The summed E-state index contributed by atoms with van der Waals surface area (Å²) in [7, 11) is 0. The Labute approximate surface area is 78.2 Å². The lowest BCUT2D eigenvalue weighted by Crippen LogP contribution is -2.37. The third-order valence-corrected chi connectivity index (χ3v) is 2.69. The number of hydrogen-bond acceptors (Lipinski definition) is 1. The second kappa shape index (κ2) is 3.21. The van der Waals surface area contributed by atoms with Gasteiger partial charge in [0.2, 0.25) is 6.41 Å². The first-order valence-corrected chi connectivity index (χ1v) is 4.59. The Morgan fingerprint density at radius 3 is 2.77 bits per heavy atom. The Morgan fingerprint density at radius 2 is 2.08 bits per heavy atom. The minimum absolute atomic E-state index is 0.340. The van der Waals surface area contributed by atoms with Gasteiger partial charge in [-0.25, -0.2) is 0 Å². The third-order valence-electron chi connectivity index (χ3n) is 2.69. The van der Waals surface area contributed by atoms with Crippen molar-refractivity contribution in [3.05, 3.63) is 35.4 Å². The minimum Gasteiger partial charge on any atom is -0.338 e. The Kier molecular flexibility index (Phi) is 2.05. The van der Waals surface area contributed by atoms with Crippen LogP contribution in [0.1, 0.15) is 18.1 Å². The summed E-state index contributed by atoms with van der Waals surface area (Å²) in [6, 6.07) is 8.67. The van der Waals surface area contributed by atoms with Gasteiger partial charge in [0.25, 0.3) is 0 Å². The van der Waals surface area contributed by atoms with Crippen LogP contribution in [-0.2, 0) is 17.8 Å². The van der Waals surface area contributed by atoms with Gasteiger partial charge in [-0.15, -0.1) is 0 Å². The molecule has 2 heteroatoms. The lowest BCUT2D eigenvalue weighted by molar-refractivity contribution is -0.120. The van der Waals surface area contributed by atoms with Gasteiger partial charge in [-0.2, -0.15) is 0 Å². The van der Waals surface area contributed by atoms with Crippen LogP contribution >= 0.6 is 0 Å². The van der Waals surface area contributed by atoms with Crippen molar-refractivity contribution >= 4 is 6.41 Å². The lowest BCUT2D eigenvalue weighted by atomic mass is 9.95. The summed E-state index contributed by atoms with van der Waals surface area (Å²) in [5, 5.41) is 0. The molecule has 1 aromatic rings. The van der Waals surface area contributed by atoms with Gasteiger partial charge in [0.05, 0.1) is 0 Å². The second-order valence-electron chi connectivity index (χ2n) is 3.60. The molecule has 1 aromatic carbocycles. The maximum Gasteiger partial charge on any atom is 0.210 e. The van der Waals surface area contributed by atoms with Crippen LogP contribution in [0, 0.1) is 0 Å². The highest BCUT2D eigenvalue weighted by molar-refractivity contribution is 5.50. The van der Waals surface area contributed by atoms with E-state index in [1.807, 2.05) is 11.0 Å². The van der Waals surface area contributed by atoms with Gasteiger partial charge in [0.15, 0.2) is 0 Å². The SMILES string of the molecule is C[C@@H]1Cc2ccccc2CN1C=O. The molecule has 1 heterocycles. The zero-order chi connectivity index (χ0) is 9.26. The average Bonchev–Trinajstić information content (AvgIpc) is 2.17. The monoisotopic (exact) mass is 175 g/mol. The van der Waals surface area contributed by atoms with Gasteiger partial charge in [-0.05, 0) is 24.5 Å². The molecule has 0 fully saturated rings. The summed E-state index contributed by atoms with van der Waals surface area (Å²) >= 11 is 0. The van der Waals surface area contributed by atoms with E-state index >= 15 is 0 Å². The highest BCUT2D eigenvalue weighted by Crippen LogP contribution is 2.21. The molecule has 1 amide bonds. The molecule has 1 aliphatic heterocycles. The Balaban J connectivity index is 2.32. The van der Waals surface area contributed by atoms with Crippen LogP contribution in [-0.4, -0.2) is 17.4 Å². The summed E-state index contributed by atoms with van der Waals surface area (Å²) in [5.41, 5.74) is 2.67. The molecular formula is C11H13NO. The van der Waals surface area contributed by atoms with E-state index in [0.717, 1.165) is 19.4 Å². The Hall–Kier alpha value is -1.31. The van der Waals surface area contributed by atoms with E-state index in [2.05, 4.69) is 25.1 Å². The van der Waals surface area contributed by atoms with Crippen molar-refractivity contribution in [1.82, 2.24) is 4.90 Å². The molecule has 1 aliphatic rings. The van der Waals surface area contributed by atoms with E-state index in [1.54, 1.807) is 0 Å². The molecule has 13 heavy (non-hydrogen) atoms. The number of rotatable bonds is 1. The van der Waals surface area contributed by atoms with Gasteiger partial charge < -0.3 is 4.90 Å². The van der Waals surface area contributed by atoms with Crippen LogP contribution in [0.4, 0.5) is 0 Å². The van der Waals surface area contributed by atoms with E-state index in [-0.39, 0.29) is 0 Å². The fraction of sp³-hybridized carbons (Fsp3) is 0.364. The van der Waals surface area contributed by atoms with Crippen LogP contribution in [0.25, 0.3) is 0 Å². The third kappa shape index (κ3) is 1.44. The quantitative estimate of drug-likeness (QED) is 0.593. The van der Waals surface area contributed by atoms with E-state index in [1.165, 1.54) is 11.1 Å². The molecule has 0 bridgehead atoms. The first-order valence-electron chi connectivity index (χ1n) is 4.59. The fourth-order valence-electron chi connectivity index (χ4n) is 1.84. The fourth-order valence-corrected chi connectivity index (χ4v) is 1.84. The standard InChI is InChI=1S/C11H13NO/c1-9-6-10-4-2-3-5-11(10)7-12(9)8-13/h2-5,8-9H,6-7H2,1H3/t9-/m1/s1. The van der Waals surface area contributed by atoms with Crippen molar-refractivity contribution in [3.63, 3.8) is 0 Å². The van der Waals surface area contributed by atoms with E-state index in [0.29, 0.717) is 6.04 Å². The van der Waals surface area contributed by atoms with Crippen LogP contribution in [0.3, 0.4) is 0 Å². The number of nitrogens with zero attached hydrogens (tertiary/aromatic N) is 1. The van der Waals surface area contributed by atoms with Crippen molar-refractivity contribution < 1.29 is 4.79 Å². The predicted octanol–water partition coefficient (Wildman–Crippen LogP) is 1.59. The molecule has 0 aromatic heterocycles. The zero-order valence-corrected chi connectivity index (χ0v) is 7.73. The molecule has 0 saturated heterocycles. The number of carbonyl (C=O) groups is 1. The highest BCUT2D eigenvalue weighted by Gasteiger charge is 2.20. The van der Waals surface area contributed by atoms with Gasteiger partial charge in [0.1, 0.15) is 0 Å². The van der Waals surface area contributed by atoms with Crippen LogP contribution in [0.2, 0.25) is 0 Å². The first-order chi connectivity index (χ1) is 6.31. The van der Waals surface area contributed by atoms with Crippen molar-refractivity contribution in [1.29, 1.82) is 0 Å². The molecule has 2 nitrogen and oxygen atoms in total. The van der Waals surface area contributed by atoms with Gasteiger partial charge in [0, 0.05) is 12.6 Å². The molecule has 2 rings (SSSR count). The van der Waals surface area contributed by atoms with E-state index in [9.17, 15) is 4.79 Å². The molecule has 0 spiro atoms. The second-order valence-corrected chi connectivity index (χ2v) is 3.60. The van der Waals surface area contributed by atoms with Crippen LogP contribution < -0.4 is 0 Å². The van der Waals surface area contributed by atoms with Crippen molar-refractivity contribution in [2.75, 3.05) is 0 Å². The highest BCUT2D eigenvalue weighted by atomic mass is 16.1. The number of hydrogen-bond donors (Lipinski definition) is 0. The summed E-state index contributed by atoms with van der Waals surface area (Å²) in [4.78, 5) is 12.6. The summed E-state index contributed by atoms with van der Waals surface area (Å²) < 4.78 is 0. The summed E-state index contributed by atoms with van der Waals surface area (Å²) in [5.74, 6) is 0. The van der Waals surface area contributed by atoms with Gasteiger partial charge >= 0.3 is 0 Å². The smallest absolute Gasteiger partial charge is 0.210 e. The maximum absolute atomic E-state index is 10.7. The van der Waals surface area contributed by atoms with E-state index in [4.69, 9.17) is 0 Å². The number of benzene rings is 1. The number of carbonyl (C=O) groups excluding carboxylic acids is 1. The summed E-state index contributed by atoms with van der Waals surface area (Å²) in [6.07, 6.45) is 1.93. The van der Waals surface area contributed by atoms with Gasteiger partial charge in [-0.3, -0.25) is 4.79 Å². The first kappa shape index (κ1) is 8.30. The molecular weight excluding hydrogens is 162 g/mol. The van der Waals surface area contributed by atoms with Crippen molar-refractivity contribution in [2.24, 2.45) is 0 Å². The molecule has 0 unspecified atom stereocenters. The van der Waals surface area contributed by atoms with Gasteiger partial charge in [-0.1, -0.05) is 24.3 Å². The molecule has 0 aliphatic carbocycles. The predicted molar refractivity (Wildman–Crippen MR) is 51.2 cm³/mol. The van der Waals surface area contributed by atoms with Crippen LogP contribution in [0.5, 0.6) is 0 Å². The summed E-state index contributed by atoms with van der Waals surface area (Å²) in [6.45, 7) is 2.85. The zero-order valence-electron chi connectivity index (χ0n) is 7.73. The topological polar surface area (TPSA) is 20.3 Å². The molecule has 68 valence electrons. The minimum atomic E-state index is 0.340. The average molecular weight is 175 g/mol. The van der Waals surface area contributed by atoms with E-state index < -0.39 is 0 Å². The molecule has 0 saturated carbocycles. The van der Waals surface area contributed by atoms with Crippen molar-refractivity contribution in [3.8, 4) is 0 Å². The Bertz CT molecular complexity index is 322. The number of amides is 1. The number of fused-ring (bicyclic) bond motifs is 1. The lowest BCUT2D eigenvalue weighted by Gasteiger charge is -2.31. The normalized spacial score (nSPS) is 21.0. The Morgan fingerprint density at radius 1 is 1.38 bits per heavy atom.